The maximum absolute atomic E-state index is 11.8. The van der Waals surface area contributed by atoms with E-state index in [0.717, 1.165) is 24.3 Å². The maximum atomic E-state index is 11.8. The summed E-state index contributed by atoms with van der Waals surface area (Å²) in [6.07, 6.45) is 2.92. The highest BCUT2D eigenvalue weighted by atomic mass is 32.2. The molecule has 0 heterocycles. The summed E-state index contributed by atoms with van der Waals surface area (Å²) in [5, 5.41) is 2.89. The van der Waals surface area contributed by atoms with Crippen LogP contribution in [0.2, 0.25) is 0 Å². The Hall–Kier alpha value is -1.00. The highest BCUT2D eigenvalue weighted by molar-refractivity contribution is 7.97. The zero-order chi connectivity index (χ0) is 13.2. The SMILES string of the molecule is CCOCCCNC(=O)c1ccc(CSC)cc1. The van der Waals surface area contributed by atoms with E-state index < -0.39 is 0 Å². The zero-order valence-electron chi connectivity index (χ0n) is 11.1. The third-order valence-corrected chi connectivity index (χ3v) is 3.10. The van der Waals surface area contributed by atoms with Crippen LogP contribution in [-0.2, 0) is 10.5 Å². The van der Waals surface area contributed by atoms with Crippen LogP contribution in [0, 0.1) is 0 Å². The lowest BCUT2D eigenvalue weighted by Gasteiger charge is -2.06. The van der Waals surface area contributed by atoms with Crippen LogP contribution in [0.4, 0.5) is 0 Å². The average molecular weight is 267 g/mol. The normalized spacial score (nSPS) is 10.3. The van der Waals surface area contributed by atoms with E-state index in [1.165, 1.54) is 5.56 Å². The Balaban J connectivity index is 2.32. The third kappa shape index (κ3) is 5.56. The molecule has 1 rings (SSSR count). The van der Waals surface area contributed by atoms with Crippen molar-refractivity contribution < 1.29 is 9.53 Å². The molecular formula is C14H21NO2S. The molecule has 0 aromatic heterocycles. The van der Waals surface area contributed by atoms with Gasteiger partial charge in [0, 0.05) is 31.1 Å². The van der Waals surface area contributed by atoms with Crippen molar-refractivity contribution in [3.05, 3.63) is 35.4 Å². The van der Waals surface area contributed by atoms with E-state index in [-0.39, 0.29) is 5.91 Å². The van der Waals surface area contributed by atoms with Gasteiger partial charge in [-0.05, 0) is 37.3 Å². The van der Waals surface area contributed by atoms with E-state index >= 15 is 0 Å². The molecule has 0 aliphatic rings. The molecule has 1 amide bonds. The maximum Gasteiger partial charge on any atom is 0.251 e. The molecule has 100 valence electrons. The Kier molecular flexibility index (Phi) is 7.53. The Bertz CT molecular complexity index is 351. The molecule has 0 radical (unpaired) electrons. The minimum absolute atomic E-state index is 0.0119. The van der Waals surface area contributed by atoms with Gasteiger partial charge in [-0.3, -0.25) is 4.79 Å². The molecule has 0 fully saturated rings. The Morgan fingerprint density at radius 2 is 2.06 bits per heavy atom. The largest absolute Gasteiger partial charge is 0.382 e. The summed E-state index contributed by atoms with van der Waals surface area (Å²) >= 11 is 1.78. The number of benzene rings is 1. The molecule has 1 aromatic carbocycles. The van der Waals surface area contributed by atoms with Crippen molar-refractivity contribution in [1.82, 2.24) is 5.32 Å². The standard InChI is InChI=1S/C14H21NO2S/c1-3-17-10-4-9-15-14(16)13-7-5-12(6-8-13)11-18-2/h5-8H,3-4,9-11H2,1-2H3,(H,15,16). The fourth-order valence-electron chi connectivity index (χ4n) is 1.54. The summed E-state index contributed by atoms with van der Waals surface area (Å²) in [4.78, 5) is 11.8. The lowest BCUT2D eigenvalue weighted by molar-refractivity contribution is 0.0944. The number of ether oxygens (including phenoxy) is 1. The van der Waals surface area contributed by atoms with Gasteiger partial charge < -0.3 is 10.1 Å². The monoisotopic (exact) mass is 267 g/mol. The van der Waals surface area contributed by atoms with Crippen molar-refractivity contribution >= 4 is 17.7 Å². The number of rotatable bonds is 8. The van der Waals surface area contributed by atoms with Crippen LogP contribution in [0.1, 0.15) is 29.3 Å². The van der Waals surface area contributed by atoms with Gasteiger partial charge in [-0.15, -0.1) is 0 Å². The van der Waals surface area contributed by atoms with Gasteiger partial charge in [0.05, 0.1) is 0 Å². The van der Waals surface area contributed by atoms with Crippen molar-refractivity contribution in [3.8, 4) is 0 Å². The van der Waals surface area contributed by atoms with Gasteiger partial charge in [-0.25, -0.2) is 0 Å². The molecule has 0 aliphatic heterocycles. The summed E-state index contributed by atoms with van der Waals surface area (Å²) in [5.41, 5.74) is 1.96. The Labute approximate surface area is 113 Å². The van der Waals surface area contributed by atoms with Gasteiger partial charge in [0.2, 0.25) is 0 Å². The first-order valence-electron chi connectivity index (χ1n) is 6.21. The quantitative estimate of drug-likeness (QED) is 0.736. The van der Waals surface area contributed by atoms with Crippen LogP contribution < -0.4 is 5.32 Å². The molecule has 0 saturated carbocycles. The minimum Gasteiger partial charge on any atom is -0.382 e. The van der Waals surface area contributed by atoms with Gasteiger partial charge in [-0.2, -0.15) is 11.8 Å². The first kappa shape index (κ1) is 15.1. The fraction of sp³-hybridized carbons (Fsp3) is 0.500. The number of nitrogens with one attached hydrogen (secondary N) is 1. The molecule has 1 aromatic rings. The molecule has 0 bridgehead atoms. The topological polar surface area (TPSA) is 38.3 Å². The molecule has 0 unspecified atom stereocenters. The summed E-state index contributed by atoms with van der Waals surface area (Å²) in [5.74, 6) is 0.971. The van der Waals surface area contributed by atoms with E-state index in [0.29, 0.717) is 13.2 Å². The first-order chi connectivity index (χ1) is 8.77. The van der Waals surface area contributed by atoms with Gasteiger partial charge >= 0.3 is 0 Å². The third-order valence-electron chi connectivity index (χ3n) is 2.48. The number of carbonyl (C=O) groups excluding carboxylic acids is 1. The van der Waals surface area contributed by atoms with E-state index in [1.54, 1.807) is 11.8 Å². The summed E-state index contributed by atoms with van der Waals surface area (Å²) in [6, 6.07) is 7.77. The molecule has 18 heavy (non-hydrogen) atoms. The van der Waals surface area contributed by atoms with E-state index in [4.69, 9.17) is 4.74 Å². The second kappa shape index (κ2) is 9.00. The molecular weight excluding hydrogens is 246 g/mol. The zero-order valence-corrected chi connectivity index (χ0v) is 11.9. The van der Waals surface area contributed by atoms with Crippen LogP contribution in [0.5, 0.6) is 0 Å². The molecule has 0 spiro atoms. The summed E-state index contributed by atoms with van der Waals surface area (Å²) < 4.78 is 5.21. The fourth-order valence-corrected chi connectivity index (χ4v) is 2.07. The lowest BCUT2D eigenvalue weighted by Crippen LogP contribution is -2.25. The first-order valence-corrected chi connectivity index (χ1v) is 7.61. The van der Waals surface area contributed by atoms with Crippen molar-refractivity contribution in [2.45, 2.75) is 19.1 Å². The van der Waals surface area contributed by atoms with Crippen molar-refractivity contribution in [2.24, 2.45) is 0 Å². The lowest BCUT2D eigenvalue weighted by atomic mass is 10.1. The second-order valence-corrected chi connectivity index (χ2v) is 4.80. The van der Waals surface area contributed by atoms with E-state index in [1.807, 2.05) is 31.2 Å². The number of thioether (sulfide) groups is 1. The average Bonchev–Trinajstić information content (AvgIpc) is 2.39. The Morgan fingerprint density at radius 1 is 1.33 bits per heavy atom. The van der Waals surface area contributed by atoms with Crippen molar-refractivity contribution in [3.63, 3.8) is 0 Å². The van der Waals surface area contributed by atoms with E-state index in [2.05, 4.69) is 11.6 Å². The number of hydrogen-bond donors (Lipinski definition) is 1. The molecule has 0 saturated heterocycles. The highest BCUT2D eigenvalue weighted by Gasteiger charge is 2.04. The molecule has 1 N–H and O–H groups in total. The Morgan fingerprint density at radius 3 is 2.67 bits per heavy atom. The molecule has 0 aliphatic carbocycles. The number of amides is 1. The van der Waals surface area contributed by atoms with Gasteiger partial charge in [0.1, 0.15) is 0 Å². The van der Waals surface area contributed by atoms with Gasteiger partial charge in [-0.1, -0.05) is 12.1 Å². The van der Waals surface area contributed by atoms with Crippen LogP contribution in [0.3, 0.4) is 0 Å². The molecule has 4 heteroatoms. The number of carbonyl (C=O) groups is 1. The van der Waals surface area contributed by atoms with Crippen LogP contribution in [0.15, 0.2) is 24.3 Å². The van der Waals surface area contributed by atoms with Crippen LogP contribution >= 0.6 is 11.8 Å². The summed E-state index contributed by atoms with van der Waals surface area (Å²) in [6.45, 7) is 4.05. The van der Waals surface area contributed by atoms with Gasteiger partial charge in [0.15, 0.2) is 0 Å². The second-order valence-electron chi connectivity index (χ2n) is 3.94. The van der Waals surface area contributed by atoms with Crippen molar-refractivity contribution in [1.29, 1.82) is 0 Å². The minimum atomic E-state index is -0.0119. The molecule has 0 atom stereocenters. The van der Waals surface area contributed by atoms with E-state index in [9.17, 15) is 4.79 Å². The van der Waals surface area contributed by atoms with Crippen molar-refractivity contribution in [2.75, 3.05) is 26.0 Å². The van der Waals surface area contributed by atoms with Crippen LogP contribution in [-0.4, -0.2) is 31.9 Å². The number of hydrogen-bond acceptors (Lipinski definition) is 3. The smallest absolute Gasteiger partial charge is 0.251 e. The van der Waals surface area contributed by atoms with Crippen LogP contribution in [0.25, 0.3) is 0 Å². The predicted molar refractivity (Wildman–Crippen MR) is 77.1 cm³/mol. The predicted octanol–water partition coefficient (Wildman–Crippen LogP) is 2.71. The van der Waals surface area contributed by atoms with Gasteiger partial charge in [0.25, 0.3) is 5.91 Å². The highest BCUT2D eigenvalue weighted by Crippen LogP contribution is 2.10. The summed E-state index contributed by atoms with van der Waals surface area (Å²) in [7, 11) is 0. The molecule has 3 nitrogen and oxygen atoms in total.